The van der Waals surface area contributed by atoms with E-state index in [1.165, 1.54) is 6.07 Å². The Hall–Kier alpha value is -1.10. The van der Waals surface area contributed by atoms with Crippen molar-refractivity contribution in [3.63, 3.8) is 0 Å². The number of hydrogen-bond donors (Lipinski definition) is 1. The third-order valence-corrected chi connectivity index (χ3v) is 3.13. The number of fused-ring (bicyclic) bond motifs is 1. The van der Waals surface area contributed by atoms with E-state index >= 15 is 0 Å². The van der Waals surface area contributed by atoms with Crippen molar-refractivity contribution in [1.82, 2.24) is 0 Å². The highest BCUT2D eigenvalue weighted by atomic mass is 79.9. The molecule has 1 aliphatic heterocycles. The van der Waals surface area contributed by atoms with Crippen LogP contribution in [0.15, 0.2) is 16.6 Å². The minimum absolute atomic E-state index is 0.0235. The monoisotopic (exact) mass is 274 g/mol. The van der Waals surface area contributed by atoms with Crippen LogP contribution in [0.2, 0.25) is 0 Å². The van der Waals surface area contributed by atoms with Crippen molar-refractivity contribution in [2.24, 2.45) is 5.92 Å². The molecular formula is C10H8BrFO3. The van der Waals surface area contributed by atoms with Gasteiger partial charge >= 0.3 is 5.97 Å². The van der Waals surface area contributed by atoms with Gasteiger partial charge in [0.2, 0.25) is 0 Å². The van der Waals surface area contributed by atoms with Gasteiger partial charge in [0.25, 0.3) is 0 Å². The maximum atomic E-state index is 13.3. The maximum absolute atomic E-state index is 13.3. The van der Waals surface area contributed by atoms with Gasteiger partial charge in [-0.2, -0.15) is 0 Å². The summed E-state index contributed by atoms with van der Waals surface area (Å²) in [6.45, 7) is 0.0235. The molecule has 1 heterocycles. The first-order valence-electron chi connectivity index (χ1n) is 4.42. The zero-order valence-electron chi connectivity index (χ0n) is 7.67. The Labute approximate surface area is 94.0 Å². The molecule has 1 aromatic rings. The van der Waals surface area contributed by atoms with Crippen LogP contribution in [0.3, 0.4) is 0 Å². The summed E-state index contributed by atoms with van der Waals surface area (Å²) in [6.07, 6.45) is 0.295. The molecule has 1 aliphatic rings. The number of aliphatic carboxylic acids is 1. The molecule has 5 heteroatoms. The van der Waals surface area contributed by atoms with E-state index in [1.807, 2.05) is 0 Å². The van der Waals surface area contributed by atoms with E-state index in [1.54, 1.807) is 6.07 Å². The SMILES string of the molecule is O=C(O)[C@H]1COc2c(F)ccc(Br)c2C1. The van der Waals surface area contributed by atoms with Crippen LogP contribution < -0.4 is 4.74 Å². The molecule has 0 bridgehead atoms. The first-order chi connectivity index (χ1) is 7.09. The second-order valence-electron chi connectivity index (χ2n) is 3.39. The number of rotatable bonds is 1. The van der Waals surface area contributed by atoms with Crippen LogP contribution in [-0.4, -0.2) is 17.7 Å². The summed E-state index contributed by atoms with van der Waals surface area (Å²) in [5.74, 6) is -1.80. The van der Waals surface area contributed by atoms with Crippen LogP contribution >= 0.6 is 15.9 Å². The minimum Gasteiger partial charge on any atom is -0.489 e. The Balaban J connectivity index is 2.41. The molecule has 0 aromatic heterocycles. The lowest BCUT2D eigenvalue weighted by molar-refractivity contribution is -0.143. The third kappa shape index (κ3) is 1.84. The highest BCUT2D eigenvalue weighted by molar-refractivity contribution is 9.10. The summed E-state index contributed by atoms with van der Waals surface area (Å²) in [5.41, 5.74) is 0.591. The number of benzene rings is 1. The van der Waals surface area contributed by atoms with Gasteiger partial charge in [0.15, 0.2) is 11.6 Å². The molecule has 3 nitrogen and oxygen atoms in total. The van der Waals surface area contributed by atoms with Gasteiger partial charge in [-0.05, 0) is 18.6 Å². The van der Waals surface area contributed by atoms with Gasteiger partial charge in [0.05, 0.1) is 5.92 Å². The second kappa shape index (κ2) is 3.81. The van der Waals surface area contributed by atoms with Gasteiger partial charge < -0.3 is 9.84 Å². The largest absolute Gasteiger partial charge is 0.489 e. The van der Waals surface area contributed by atoms with E-state index in [9.17, 15) is 9.18 Å². The number of carboxylic acid groups (broad SMARTS) is 1. The van der Waals surface area contributed by atoms with Crippen molar-refractivity contribution in [2.75, 3.05) is 6.61 Å². The predicted molar refractivity (Wildman–Crippen MR) is 54.4 cm³/mol. The van der Waals surface area contributed by atoms with Gasteiger partial charge in [0, 0.05) is 10.0 Å². The van der Waals surface area contributed by atoms with E-state index < -0.39 is 17.7 Å². The van der Waals surface area contributed by atoms with Crippen LogP contribution in [0.1, 0.15) is 5.56 Å². The fourth-order valence-corrected chi connectivity index (χ4v) is 2.04. The third-order valence-electron chi connectivity index (χ3n) is 2.38. The van der Waals surface area contributed by atoms with Gasteiger partial charge in [-0.25, -0.2) is 4.39 Å². The van der Waals surface area contributed by atoms with E-state index in [4.69, 9.17) is 9.84 Å². The van der Waals surface area contributed by atoms with E-state index in [0.29, 0.717) is 16.5 Å². The van der Waals surface area contributed by atoms with Gasteiger partial charge in [0.1, 0.15) is 6.61 Å². The van der Waals surface area contributed by atoms with Crippen LogP contribution in [0, 0.1) is 11.7 Å². The minimum atomic E-state index is -0.920. The number of ether oxygens (including phenoxy) is 1. The summed E-state index contributed by atoms with van der Waals surface area (Å²) in [4.78, 5) is 10.8. The summed E-state index contributed by atoms with van der Waals surface area (Å²) in [5, 5.41) is 8.83. The van der Waals surface area contributed by atoms with Crippen LogP contribution in [0.4, 0.5) is 4.39 Å². The molecule has 0 saturated heterocycles. The van der Waals surface area contributed by atoms with Crippen LogP contribution in [-0.2, 0) is 11.2 Å². The first kappa shape index (κ1) is 10.4. The average Bonchev–Trinajstić information content (AvgIpc) is 2.23. The molecule has 15 heavy (non-hydrogen) atoms. The Morgan fingerprint density at radius 3 is 3.00 bits per heavy atom. The summed E-state index contributed by atoms with van der Waals surface area (Å²) in [7, 11) is 0. The molecule has 80 valence electrons. The molecule has 1 N–H and O–H groups in total. The quantitative estimate of drug-likeness (QED) is 0.854. The Morgan fingerprint density at radius 1 is 1.60 bits per heavy atom. The second-order valence-corrected chi connectivity index (χ2v) is 4.24. The lowest BCUT2D eigenvalue weighted by Crippen LogP contribution is -2.28. The fourth-order valence-electron chi connectivity index (χ4n) is 1.57. The Kier molecular flexibility index (Phi) is 2.65. The first-order valence-corrected chi connectivity index (χ1v) is 5.21. The predicted octanol–water partition coefficient (Wildman–Crippen LogP) is 2.22. The van der Waals surface area contributed by atoms with Crippen molar-refractivity contribution >= 4 is 21.9 Å². The number of carboxylic acids is 1. The van der Waals surface area contributed by atoms with Crippen molar-refractivity contribution < 1.29 is 19.0 Å². The molecule has 0 amide bonds. The zero-order chi connectivity index (χ0) is 11.0. The van der Waals surface area contributed by atoms with Crippen molar-refractivity contribution in [1.29, 1.82) is 0 Å². The van der Waals surface area contributed by atoms with Crippen LogP contribution in [0.25, 0.3) is 0 Å². The van der Waals surface area contributed by atoms with Gasteiger partial charge in [-0.15, -0.1) is 0 Å². The zero-order valence-corrected chi connectivity index (χ0v) is 9.25. The smallest absolute Gasteiger partial charge is 0.310 e. The normalized spacial score (nSPS) is 19.2. The number of hydrogen-bond acceptors (Lipinski definition) is 2. The molecule has 1 aromatic carbocycles. The molecule has 0 radical (unpaired) electrons. The summed E-state index contributed by atoms with van der Waals surface area (Å²) < 4.78 is 19.1. The lowest BCUT2D eigenvalue weighted by atomic mass is 9.97. The highest BCUT2D eigenvalue weighted by Crippen LogP contribution is 2.35. The fraction of sp³-hybridized carbons (Fsp3) is 0.300. The molecular weight excluding hydrogens is 267 g/mol. The molecule has 2 rings (SSSR count). The molecule has 0 spiro atoms. The topological polar surface area (TPSA) is 46.5 Å². The van der Waals surface area contributed by atoms with Crippen LogP contribution in [0.5, 0.6) is 5.75 Å². The van der Waals surface area contributed by atoms with Crippen molar-refractivity contribution in [2.45, 2.75) is 6.42 Å². The molecule has 0 unspecified atom stereocenters. The maximum Gasteiger partial charge on any atom is 0.310 e. The molecule has 1 atom stereocenters. The number of halogens is 2. The van der Waals surface area contributed by atoms with E-state index in [-0.39, 0.29) is 12.4 Å². The lowest BCUT2D eigenvalue weighted by Gasteiger charge is -2.23. The summed E-state index contributed by atoms with van der Waals surface area (Å²) >= 11 is 3.25. The molecule has 0 aliphatic carbocycles. The highest BCUT2D eigenvalue weighted by Gasteiger charge is 2.28. The Morgan fingerprint density at radius 2 is 2.33 bits per heavy atom. The average molecular weight is 275 g/mol. The molecule has 0 fully saturated rings. The van der Waals surface area contributed by atoms with Gasteiger partial charge in [-0.3, -0.25) is 4.79 Å². The Bertz CT molecular complexity index is 419. The van der Waals surface area contributed by atoms with E-state index in [2.05, 4.69) is 15.9 Å². The molecule has 0 saturated carbocycles. The number of carbonyl (C=O) groups is 1. The van der Waals surface area contributed by atoms with Crippen molar-refractivity contribution in [3.8, 4) is 5.75 Å². The van der Waals surface area contributed by atoms with E-state index in [0.717, 1.165) is 0 Å². The standard InChI is InChI=1S/C10H8BrFO3/c11-7-1-2-8(12)9-6(7)3-5(4-15-9)10(13)14/h1-2,5H,3-4H2,(H,13,14)/t5-/m1/s1. The van der Waals surface area contributed by atoms with Gasteiger partial charge in [-0.1, -0.05) is 15.9 Å². The summed E-state index contributed by atoms with van der Waals surface area (Å²) in [6, 6.07) is 2.85. The van der Waals surface area contributed by atoms with Crippen molar-refractivity contribution in [3.05, 3.63) is 28.0 Å².